The Morgan fingerprint density at radius 1 is 1.50 bits per heavy atom. The summed E-state index contributed by atoms with van der Waals surface area (Å²) in [6.07, 6.45) is 3.44. The first kappa shape index (κ1) is 14.0. The maximum atomic E-state index is 11.8. The van der Waals surface area contributed by atoms with Crippen LogP contribution in [0.5, 0.6) is 0 Å². The Hall–Kier alpha value is -2.44. The van der Waals surface area contributed by atoms with Gasteiger partial charge in [-0.25, -0.2) is 0 Å². The fourth-order valence-electron chi connectivity index (χ4n) is 2.12. The van der Waals surface area contributed by atoms with Crippen LogP contribution < -0.4 is 5.32 Å². The van der Waals surface area contributed by atoms with Crippen molar-refractivity contribution in [2.45, 2.75) is 13.0 Å². The topological polar surface area (TPSA) is 99.6 Å². The van der Waals surface area contributed by atoms with Crippen molar-refractivity contribution in [2.75, 3.05) is 13.1 Å². The molecule has 1 atom stereocenters. The molecular formula is C13H15N3O4. The van der Waals surface area contributed by atoms with Crippen LogP contribution >= 0.6 is 0 Å². The Balaban J connectivity index is 1.90. The van der Waals surface area contributed by atoms with Gasteiger partial charge in [0.05, 0.1) is 5.92 Å². The predicted molar refractivity (Wildman–Crippen MR) is 68.4 cm³/mol. The molecule has 20 heavy (non-hydrogen) atoms. The lowest BCUT2D eigenvalue weighted by Gasteiger charge is -2.16. The van der Waals surface area contributed by atoms with Gasteiger partial charge < -0.3 is 15.3 Å². The molecule has 0 aliphatic carbocycles. The zero-order valence-corrected chi connectivity index (χ0v) is 10.8. The summed E-state index contributed by atoms with van der Waals surface area (Å²) in [5.41, 5.74) is 0.896. The standard InChI is InChI=1S/C13H15N3O4/c17-11-4-10(13(20)15-6-12(18)19)8-16(11)7-9-2-1-3-14-5-9/h1-3,5,10H,4,6-8H2,(H,15,20)(H,18,19). The van der Waals surface area contributed by atoms with Crippen molar-refractivity contribution in [3.63, 3.8) is 0 Å². The molecule has 106 valence electrons. The fraction of sp³-hybridized carbons (Fsp3) is 0.385. The molecular weight excluding hydrogens is 262 g/mol. The van der Waals surface area contributed by atoms with Gasteiger partial charge in [-0.15, -0.1) is 0 Å². The van der Waals surface area contributed by atoms with E-state index in [1.807, 2.05) is 6.07 Å². The molecule has 1 saturated heterocycles. The van der Waals surface area contributed by atoms with E-state index in [0.717, 1.165) is 5.56 Å². The van der Waals surface area contributed by atoms with Gasteiger partial charge in [-0.2, -0.15) is 0 Å². The summed E-state index contributed by atoms with van der Waals surface area (Å²) in [7, 11) is 0. The second-order valence-electron chi connectivity index (χ2n) is 4.65. The molecule has 1 fully saturated rings. The number of nitrogens with one attached hydrogen (secondary N) is 1. The van der Waals surface area contributed by atoms with E-state index < -0.39 is 24.3 Å². The maximum absolute atomic E-state index is 11.8. The third-order valence-corrected chi connectivity index (χ3v) is 3.10. The maximum Gasteiger partial charge on any atom is 0.322 e. The van der Waals surface area contributed by atoms with Crippen LogP contribution in [0.2, 0.25) is 0 Å². The van der Waals surface area contributed by atoms with E-state index in [-0.39, 0.29) is 12.3 Å². The minimum Gasteiger partial charge on any atom is -0.480 e. The SMILES string of the molecule is O=C(O)CNC(=O)C1CC(=O)N(Cc2cccnc2)C1. The zero-order chi connectivity index (χ0) is 14.5. The van der Waals surface area contributed by atoms with Gasteiger partial charge in [0.15, 0.2) is 0 Å². The highest BCUT2D eigenvalue weighted by Crippen LogP contribution is 2.20. The van der Waals surface area contributed by atoms with Crippen molar-refractivity contribution in [2.24, 2.45) is 5.92 Å². The number of rotatable bonds is 5. The highest BCUT2D eigenvalue weighted by molar-refractivity contribution is 5.90. The molecule has 0 bridgehead atoms. The molecule has 1 aliphatic rings. The summed E-state index contributed by atoms with van der Waals surface area (Å²) in [5.74, 6) is -2.09. The van der Waals surface area contributed by atoms with E-state index in [4.69, 9.17) is 5.11 Å². The van der Waals surface area contributed by atoms with Crippen LogP contribution in [-0.4, -0.2) is 45.9 Å². The average Bonchev–Trinajstić information content (AvgIpc) is 2.79. The number of nitrogens with zero attached hydrogens (tertiary/aromatic N) is 2. The number of likely N-dealkylation sites (tertiary alicyclic amines) is 1. The quantitative estimate of drug-likeness (QED) is 0.765. The van der Waals surface area contributed by atoms with Crippen LogP contribution in [0.3, 0.4) is 0 Å². The van der Waals surface area contributed by atoms with Crippen molar-refractivity contribution in [3.05, 3.63) is 30.1 Å². The van der Waals surface area contributed by atoms with Gasteiger partial charge in [0.2, 0.25) is 11.8 Å². The molecule has 2 amide bonds. The minimum atomic E-state index is -1.10. The summed E-state index contributed by atoms with van der Waals surface area (Å²) in [5, 5.41) is 10.8. The highest BCUT2D eigenvalue weighted by Gasteiger charge is 2.34. The lowest BCUT2D eigenvalue weighted by molar-refractivity contribution is -0.138. The number of carbonyl (C=O) groups is 3. The molecule has 0 saturated carbocycles. The smallest absolute Gasteiger partial charge is 0.322 e. The van der Waals surface area contributed by atoms with Crippen LogP contribution in [0.1, 0.15) is 12.0 Å². The second-order valence-corrected chi connectivity index (χ2v) is 4.65. The Morgan fingerprint density at radius 2 is 2.30 bits per heavy atom. The predicted octanol–water partition coefficient (Wildman–Crippen LogP) is -0.369. The number of carboxylic acid groups (broad SMARTS) is 1. The fourth-order valence-corrected chi connectivity index (χ4v) is 2.12. The molecule has 1 aliphatic heterocycles. The normalized spacial score (nSPS) is 18.1. The number of aliphatic carboxylic acids is 1. The van der Waals surface area contributed by atoms with E-state index in [2.05, 4.69) is 10.3 Å². The van der Waals surface area contributed by atoms with Crippen LogP contribution in [-0.2, 0) is 20.9 Å². The van der Waals surface area contributed by atoms with Gasteiger partial charge in [-0.05, 0) is 11.6 Å². The first-order valence-corrected chi connectivity index (χ1v) is 6.22. The number of carboxylic acids is 1. The molecule has 1 aromatic rings. The van der Waals surface area contributed by atoms with E-state index >= 15 is 0 Å². The second kappa shape index (κ2) is 6.14. The van der Waals surface area contributed by atoms with Gasteiger partial charge in [0, 0.05) is 31.9 Å². The van der Waals surface area contributed by atoms with E-state index in [0.29, 0.717) is 13.1 Å². The summed E-state index contributed by atoms with van der Waals surface area (Å²) in [6.45, 7) is 0.292. The van der Waals surface area contributed by atoms with E-state index in [1.54, 1.807) is 23.4 Å². The number of pyridine rings is 1. The van der Waals surface area contributed by atoms with E-state index in [9.17, 15) is 14.4 Å². The first-order valence-electron chi connectivity index (χ1n) is 6.22. The average molecular weight is 277 g/mol. The molecule has 7 heteroatoms. The van der Waals surface area contributed by atoms with Gasteiger partial charge >= 0.3 is 5.97 Å². The molecule has 0 aromatic carbocycles. The number of aromatic nitrogens is 1. The molecule has 0 radical (unpaired) electrons. The van der Waals surface area contributed by atoms with Crippen molar-refractivity contribution < 1.29 is 19.5 Å². The number of hydrogen-bond donors (Lipinski definition) is 2. The Kier molecular flexibility index (Phi) is 4.29. The number of amides is 2. The number of hydrogen-bond acceptors (Lipinski definition) is 4. The Labute approximate surface area is 115 Å². The summed E-state index contributed by atoms with van der Waals surface area (Å²) < 4.78 is 0. The highest BCUT2D eigenvalue weighted by atomic mass is 16.4. The molecule has 1 aromatic heterocycles. The molecule has 0 spiro atoms. The van der Waals surface area contributed by atoms with Gasteiger partial charge in [-0.1, -0.05) is 6.07 Å². The first-order chi connectivity index (χ1) is 9.56. The minimum absolute atomic E-state index is 0.107. The monoisotopic (exact) mass is 277 g/mol. The third-order valence-electron chi connectivity index (χ3n) is 3.10. The third kappa shape index (κ3) is 3.53. The van der Waals surface area contributed by atoms with Crippen LogP contribution in [0.15, 0.2) is 24.5 Å². The summed E-state index contributed by atoms with van der Waals surface area (Å²) >= 11 is 0. The lowest BCUT2D eigenvalue weighted by Crippen LogP contribution is -2.35. The van der Waals surface area contributed by atoms with Crippen molar-refractivity contribution in [1.29, 1.82) is 0 Å². The van der Waals surface area contributed by atoms with E-state index in [1.165, 1.54) is 0 Å². The van der Waals surface area contributed by atoms with Crippen molar-refractivity contribution in [3.8, 4) is 0 Å². The molecule has 2 N–H and O–H groups in total. The number of carbonyl (C=O) groups excluding carboxylic acids is 2. The Morgan fingerprint density at radius 3 is 2.95 bits per heavy atom. The molecule has 2 heterocycles. The van der Waals surface area contributed by atoms with Crippen LogP contribution in [0, 0.1) is 5.92 Å². The lowest BCUT2D eigenvalue weighted by atomic mass is 10.1. The molecule has 7 nitrogen and oxygen atoms in total. The zero-order valence-electron chi connectivity index (χ0n) is 10.8. The van der Waals surface area contributed by atoms with Gasteiger partial charge in [0.1, 0.15) is 6.54 Å². The molecule has 2 rings (SSSR count). The van der Waals surface area contributed by atoms with Crippen molar-refractivity contribution in [1.82, 2.24) is 15.2 Å². The Bertz CT molecular complexity index is 518. The summed E-state index contributed by atoms with van der Waals surface area (Å²) in [4.78, 5) is 39.5. The van der Waals surface area contributed by atoms with Gasteiger partial charge in [-0.3, -0.25) is 19.4 Å². The van der Waals surface area contributed by atoms with Crippen molar-refractivity contribution >= 4 is 17.8 Å². The molecule has 1 unspecified atom stereocenters. The summed E-state index contributed by atoms with van der Waals surface area (Å²) in [6, 6.07) is 3.64. The van der Waals surface area contributed by atoms with Crippen LogP contribution in [0.25, 0.3) is 0 Å². The largest absolute Gasteiger partial charge is 0.480 e. The van der Waals surface area contributed by atoms with Gasteiger partial charge in [0.25, 0.3) is 0 Å². The van der Waals surface area contributed by atoms with Crippen LogP contribution in [0.4, 0.5) is 0 Å².